The van der Waals surface area contributed by atoms with Crippen molar-refractivity contribution in [1.82, 2.24) is 9.78 Å². The van der Waals surface area contributed by atoms with Crippen LogP contribution in [0.3, 0.4) is 0 Å². The Balaban J connectivity index is 2.41. The van der Waals surface area contributed by atoms with Crippen molar-refractivity contribution in [2.45, 2.75) is 45.6 Å². The van der Waals surface area contributed by atoms with Crippen LogP contribution in [0.25, 0.3) is 0 Å². The molecule has 18 heavy (non-hydrogen) atoms. The minimum Gasteiger partial charge on any atom is -0.384 e. The first-order chi connectivity index (χ1) is 8.35. The lowest BCUT2D eigenvalue weighted by Crippen LogP contribution is -2.15. The van der Waals surface area contributed by atoms with Crippen molar-refractivity contribution in [3.05, 3.63) is 11.3 Å². The second-order valence-electron chi connectivity index (χ2n) is 5.26. The first-order valence-corrected chi connectivity index (χ1v) is 8.25. The molecule has 0 amide bonds. The molecule has 0 saturated carbocycles. The molecule has 102 valence electrons. The minimum atomic E-state index is -2.91. The van der Waals surface area contributed by atoms with E-state index < -0.39 is 9.84 Å². The first-order valence-electron chi connectivity index (χ1n) is 6.43. The average Bonchev–Trinajstić information content (AvgIpc) is 2.78. The van der Waals surface area contributed by atoms with Gasteiger partial charge in [-0.3, -0.25) is 0 Å². The number of sulfone groups is 1. The number of aromatic nitrogens is 2. The normalized spacial score (nSPS) is 22.8. The summed E-state index contributed by atoms with van der Waals surface area (Å²) in [6.45, 7) is 6.22. The van der Waals surface area contributed by atoms with Gasteiger partial charge in [0.25, 0.3) is 0 Å². The van der Waals surface area contributed by atoms with Crippen molar-refractivity contribution in [3.8, 4) is 0 Å². The lowest BCUT2D eigenvalue weighted by atomic mass is 10.0. The number of nitrogen functional groups attached to an aromatic ring is 1. The van der Waals surface area contributed by atoms with Gasteiger partial charge in [-0.1, -0.05) is 20.8 Å². The standard InChI is InChI=1S/C12H21N3O2S/c1-4-10-11(8(2)3)12(13)15(14-10)9-5-6-18(16,17)7-9/h8-9H,4-7,13H2,1-3H3. The Hall–Kier alpha value is -1.04. The molecule has 0 aliphatic carbocycles. The van der Waals surface area contributed by atoms with Gasteiger partial charge >= 0.3 is 0 Å². The van der Waals surface area contributed by atoms with Gasteiger partial charge < -0.3 is 5.73 Å². The monoisotopic (exact) mass is 271 g/mol. The van der Waals surface area contributed by atoms with Gasteiger partial charge in [-0.25, -0.2) is 13.1 Å². The molecule has 1 atom stereocenters. The van der Waals surface area contributed by atoms with Crippen LogP contribution in [0.4, 0.5) is 5.82 Å². The van der Waals surface area contributed by atoms with Crippen molar-refractivity contribution in [3.63, 3.8) is 0 Å². The first kappa shape index (κ1) is 13.4. The van der Waals surface area contributed by atoms with Crippen LogP contribution in [0, 0.1) is 0 Å². The summed E-state index contributed by atoms with van der Waals surface area (Å²) in [6.07, 6.45) is 1.44. The molecule has 0 aromatic carbocycles. The quantitative estimate of drug-likeness (QED) is 0.904. The summed E-state index contributed by atoms with van der Waals surface area (Å²) >= 11 is 0. The minimum absolute atomic E-state index is 0.0900. The van der Waals surface area contributed by atoms with Gasteiger partial charge in [-0.2, -0.15) is 5.10 Å². The molecule has 1 aliphatic heterocycles. The van der Waals surface area contributed by atoms with E-state index in [9.17, 15) is 8.42 Å². The van der Waals surface area contributed by atoms with Crippen molar-refractivity contribution >= 4 is 15.7 Å². The van der Waals surface area contributed by atoms with Crippen LogP contribution >= 0.6 is 0 Å². The van der Waals surface area contributed by atoms with Crippen LogP contribution in [0.1, 0.15) is 50.4 Å². The van der Waals surface area contributed by atoms with E-state index in [-0.39, 0.29) is 17.5 Å². The highest BCUT2D eigenvalue weighted by Gasteiger charge is 2.32. The van der Waals surface area contributed by atoms with Gasteiger partial charge in [-0.15, -0.1) is 0 Å². The fraction of sp³-hybridized carbons (Fsp3) is 0.750. The second-order valence-corrected chi connectivity index (χ2v) is 7.48. The lowest BCUT2D eigenvalue weighted by Gasteiger charge is -2.11. The van der Waals surface area contributed by atoms with Gasteiger partial charge in [0.1, 0.15) is 5.82 Å². The highest BCUT2D eigenvalue weighted by atomic mass is 32.2. The SMILES string of the molecule is CCc1nn(C2CCS(=O)(=O)C2)c(N)c1C(C)C. The summed E-state index contributed by atoms with van der Waals surface area (Å²) < 4.78 is 24.8. The Labute approximate surface area is 108 Å². The summed E-state index contributed by atoms with van der Waals surface area (Å²) in [7, 11) is -2.91. The van der Waals surface area contributed by atoms with E-state index >= 15 is 0 Å². The number of hydrogen-bond donors (Lipinski definition) is 1. The van der Waals surface area contributed by atoms with Crippen molar-refractivity contribution in [1.29, 1.82) is 0 Å². The van der Waals surface area contributed by atoms with Gasteiger partial charge in [-0.05, 0) is 18.8 Å². The maximum absolute atomic E-state index is 11.5. The summed E-state index contributed by atoms with van der Waals surface area (Å²) in [5.41, 5.74) is 8.22. The Morgan fingerprint density at radius 1 is 1.50 bits per heavy atom. The Morgan fingerprint density at radius 2 is 2.17 bits per heavy atom. The van der Waals surface area contributed by atoms with Crippen LogP contribution in [0.5, 0.6) is 0 Å². The van der Waals surface area contributed by atoms with Gasteiger partial charge in [0.05, 0.1) is 23.2 Å². The molecule has 0 spiro atoms. The van der Waals surface area contributed by atoms with E-state index in [1.54, 1.807) is 4.68 Å². The molecule has 0 bridgehead atoms. The van der Waals surface area contributed by atoms with E-state index in [0.717, 1.165) is 17.7 Å². The van der Waals surface area contributed by atoms with E-state index in [1.165, 1.54) is 0 Å². The fourth-order valence-electron chi connectivity index (χ4n) is 2.65. The number of anilines is 1. The lowest BCUT2D eigenvalue weighted by molar-refractivity contribution is 0.502. The summed E-state index contributed by atoms with van der Waals surface area (Å²) in [5, 5.41) is 4.52. The third-order valence-electron chi connectivity index (χ3n) is 3.53. The summed E-state index contributed by atoms with van der Waals surface area (Å²) in [6, 6.07) is -0.0900. The smallest absolute Gasteiger partial charge is 0.152 e. The predicted octanol–water partition coefficient (Wildman–Crippen LogP) is 1.51. The van der Waals surface area contributed by atoms with E-state index in [0.29, 0.717) is 18.2 Å². The highest BCUT2D eigenvalue weighted by Crippen LogP contribution is 2.32. The molecular formula is C12H21N3O2S. The van der Waals surface area contributed by atoms with Crippen molar-refractivity contribution < 1.29 is 8.42 Å². The number of nitrogens with zero attached hydrogens (tertiary/aromatic N) is 2. The Kier molecular flexibility index (Phi) is 3.40. The molecular weight excluding hydrogens is 250 g/mol. The zero-order chi connectivity index (χ0) is 13.5. The Morgan fingerprint density at radius 3 is 2.56 bits per heavy atom. The number of nitrogens with two attached hydrogens (primary N) is 1. The highest BCUT2D eigenvalue weighted by molar-refractivity contribution is 7.91. The molecule has 1 fully saturated rings. The fourth-order valence-corrected chi connectivity index (χ4v) is 4.34. The average molecular weight is 271 g/mol. The number of hydrogen-bond acceptors (Lipinski definition) is 4. The second kappa shape index (κ2) is 4.57. The predicted molar refractivity (Wildman–Crippen MR) is 72.4 cm³/mol. The summed E-state index contributed by atoms with van der Waals surface area (Å²) in [4.78, 5) is 0. The Bertz CT molecular complexity index is 546. The van der Waals surface area contributed by atoms with Gasteiger partial charge in [0.15, 0.2) is 9.84 Å². The van der Waals surface area contributed by atoms with E-state index in [4.69, 9.17) is 5.73 Å². The molecule has 1 unspecified atom stereocenters. The van der Waals surface area contributed by atoms with Gasteiger partial charge in [0, 0.05) is 5.56 Å². The van der Waals surface area contributed by atoms with Crippen LogP contribution in [0.2, 0.25) is 0 Å². The maximum atomic E-state index is 11.5. The number of aryl methyl sites for hydroxylation is 1. The maximum Gasteiger partial charge on any atom is 0.152 e. The zero-order valence-corrected chi connectivity index (χ0v) is 12.0. The third kappa shape index (κ3) is 2.25. The van der Waals surface area contributed by atoms with Crippen molar-refractivity contribution in [2.75, 3.05) is 17.2 Å². The van der Waals surface area contributed by atoms with E-state index in [2.05, 4.69) is 18.9 Å². The number of rotatable bonds is 3. The van der Waals surface area contributed by atoms with Crippen molar-refractivity contribution in [2.24, 2.45) is 0 Å². The largest absolute Gasteiger partial charge is 0.384 e. The van der Waals surface area contributed by atoms with E-state index in [1.807, 2.05) is 6.92 Å². The summed E-state index contributed by atoms with van der Waals surface area (Å²) in [5.74, 6) is 1.37. The van der Waals surface area contributed by atoms with Crippen LogP contribution < -0.4 is 5.73 Å². The molecule has 1 aromatic rings. The molecule has 2 rings (SSSR count). The molecule has 2 heterocycles. The van der Waals surface area contributed by atoms with Crippen LogP contribution in [0.15, 0.2) is 0 Å². The van der Waals surface area contributed by atoms with Gasteiger partial charge in [0.2, 0.25) is 0 Å². The molecule has 6 heteroatoms. The third-order valence-corrected chi connectivity index (χ3v) is 5.28. The van der Waals surface area contributed by atoms with Crippen LogP contribution in [-0.2, 0) is 16.3 Å². The van der Waals surface area contributed by atoms with Crippen LogP contribution in [-0.4, -0.2) is 29.7 Å². The topological polar surface area (TPSA) is 78.0 Å². The molecule has 5 nitrogen and oxygen atoms in total. The molecule has 1 aromatic heterocycles. The molecule has 0 radical (unpaired) electrons. The zero-order valence-electron chi connectivity index (χ0n) is 11.2. The molecule has 2 N–H and O–H groups in total. The molecule has 1 aliphatic rings. The molecule has 1 saturated heterocycles.